The smallest absolute Gasteiger partial charge is 0.186 e. The molecule has 2 aromatic rings. The number of hydrogen-bond acceptors (Lipinski definition) is 5. The maximum absolute atomic E-state index is 13.1. The summed E-state index contributed by atoms with van der Waals surface area (Å²) in [6, 6.07) is 0. The molecule has 15 heavy (non-hydrogen) atoms. The molecule has 0 saturated heterocycles. The van der Waals surface area contributed by atoms with Gasteiger partial charge in [-0.25, -0.2) is 19.3 Å². The van der Waals surface area contributed by atoms with E-state index in [9.17, 15) is 4.39 Å². The quantitative estimate of drug-likeness (QED) is 0.750. The monoisotopic (exact) mass is 205 g/mol. The molecular weight excluding hydrogens is 197 g/mol. The predicted octanol–water partition coefficient (Wildman–Crippen LogP) is 0.963. The molecule has 0 amide bonds. The first-order chi connectivity index (χ1) is 7.18. The Morgan fingerprint density at radius 1 is 1.27 bits per heavy atom. The second-order valence-electron chi connectivity index (χ2n) is 2.92. The minimum absolute atomic E-state index is 0.178. The summed E-state index contributed by atoms with van der Waals surface area (Å²) in [7, 11) is 0. The minimum atomic E-state index is -0.595. The van der Waals surface area contributed by atoms with E-state index < -0.39 is 5.82 Å². The summed E-state index contributed by atoms with van der Waals surface area (Å²) in [5.41, 5.74) is 6.05. The fourth-order valence-electron chi connectivity index (χ4n) is 1.11. The highest BCUT2D eigenvalue weighted by Gasteiger charge is 2.10. The topological polar surface area (TPSA) is 77.6 Å². The fourth-order valence-corrected chi connectivity index (χ4v) is 1.11. The Labute approximate surface area is 85.2 Å². The molecule has 0 fully saturated rings. The Balaban J connectivity index is 2.56. The number of halogens is 1. The van der Waals surface area contributed by atoms with Crippen molar-refractivity contribution < 1.29 is 4.39 Å². The standard InChI is InChI=1S/C9H8FN5/c1-5-7(10)8(11)15-9(14-5)6-4-12-2-3-13-6/h2-4H,1H3,(H2,11,14,15). The average molecular weight is 205 g/mol. The highest BCUT2D eigenvalue weighted by Crippen LogP contribution is 2.16. The van der Waals surface area contributed by atoms with Gasteiger partial charge in [0.15, 0.2) is 17.5 Å². The number of nitrogen functional groups attached to an aromatic ring is 1. The van der Waals surface area contributed by atoms with Gasteiger partial charge in [-0.15, -0.1) is 0 Å². The molecule has 0 aromatic carbocycles. The van der Waals surface area contributed by atoms with Crippen molar-refractivity contribution in [3.05, 3.63) is 30.1 Å². The Bertz CT molecular complexity index is 462. The third-order valence-corrected chi connectivity index (χ3v) is 1.83. The first-order valence-electron chi connectivity index (χ1n) is 4.24. The molecule has 0 saturated carbocycles. The lowest BCUT2D eigenvalue weighted by Crippen LogP contribution is -2.03. The maximum atomic E-state index is 13.1. The first kappa shape index (κ1) is 9.45. The molecule has 0 aliphatic heterocycles. The lowest BCUT2D eigenvalue weighted by Gasteiger charge is -2.03. The van der Waals surface area contributed by atoms with E-state index in [2.05, 4.69) is 19.9 Å². The van der Waals surface area contributed by atoms with Gasteiger partial charge in [-0.05, 0) is 6.92 Å². The van der Waals surface area contributed by atoms with Crippen LogP contribution < -0.4 is 5.73 Å². The molecule has 2 heterocycles. The van der Waals surface area contributed by atoms with Gasteiger partial charge in [0.2, 0.25) is 0 Å². The van der Waals surface area contributed by atoms with Crippen molar-refractivity contribution in [2.45, 2.75) is 6.92 Å². The molecule has 6 heteroatoms. The van der Waals surface area contributed by atoms with E-state index in [0.717, 1.165) is 0 Å². The van der Waals surface area contributed by atoms with Gasteiger partial charge in [-0.3, -0.25) is 4.98 Å². The van der Waals surface area contributed by atoms with Crippen LogP contribution >= 0.6 is 0 Å². The van der Waals surface area contributed by atoms with Gasteiger partial charge in [0.25, 0.3) is 0 Å². The van der Waals surface area contributed by atoms with E-state index >= 15 is 0 Å². The Morgan fingerprint density at radius 3 is 2.67 bits per heavy atom. The van der Waals surface area contributed by atoms with Crippen LogP contribution in [0, 0.1) is 12.7 Å². The number of aryl methyl sites for hydroxylation is 1. The summed E-state index contributed by atoms with van der Waals surface area (Å²) >= 11 is 0. The van der Waals surface area contributed by atoms with E-state index in [1.54, 1.807) is 0 Å². The van der Waals surface area contributed by atoms with Crippen molar-refractivity contribution in [1.82, 2.24) is 19.9 Å². The van der Waals surface area contributed by atoms with Gasteiger partial charge in [-0.1, -0.05) is 0 Å². The van der Waals surface area contributed by atoms with E-state index in [4.69, 9.17) is 5.73 Å². The van der Waals surface area contributed by atoms with E-state index in [1.807, 2.05) is 0 Å². The second-order valence-corrected chi connectivity index (χ2v) is 2.92. The van der Waals surface area contributed by atoms with E-state index in [0.29, 0.717) is 5.69 Å². The van der Waals surface area contributed by atoms with Crippen molar-refractivity contribution in [3.8, 4) is 11.5 Å². The number of rotatable bonds is 1. The highest BCUT2D eigenvalue weighted by atomic mass is 19.1. The normalized spacial score (nSPS) is 10.3. The zero-order valence-corrected chi connectivity index (χ0v) is 7.98. The molecule has 0 bridgehead atoms. The van der Waals surface area contributed by atoms with Crippen LogP contribution in [0.15, 0.2) is 18.6 Å². The molecule has 0 unspecified atom stereocenters. The lowest BCUT2D eigenvalue weighted by atomic mass is 10.3. The molecule has 0 atom stereocenters. The molecule has 0 aliphatic carbocycles. The molecule has 2 rings (SSSR count). The van der Waals surface area contributed by atoms with Crippen molar-refractivity contribution in [3.63, 3.8) is 0 Å². The van der Waals surface area contributed by atoms with Crippen LogP contribution in [0.3, 0.4) is 0 Å². The van der Waals surface area contributed by atoms with Crippen LogP contribution in [0.5, 0.6) is 0 Å². The van der Waals surface area contributed by atoms with Crippen molar-refractivity contribution in [2.24, 2.45) is 0 Å². The molecule has 2 N–H and O–H groups in total. The van der Waals surface area contributed by atoms with E-state index in [1.165, 1.54) is 25.5 Å². The first-order valence-corrected chi connectivity index (χ1v) is 4.24. The summed E-state index contributed by atoms with van der Waals surface area (Å²) < 4.78 is 13.1. The van der Waals surface area contributed by atoms with Crippen LogP contribution in [-0.4, -0.2) is 19.9 Å². The number of anilines is 1. The summed E-state index contributed by atoms with van der Waals surface area (Å²) in [5.74, 6) is -0.495. The van der Waals surface area contributed by atoms with Gasteiger partial charge in [0, 0.05) is 12.4 Å². The van der Waals surface area contributed by atoms with Gasteiger partial charge >= 0.3 is 0 Å². The van der Waals surface area contributed by atoms with Crippen LogP contribution in [0.4, 0.5) is 10.2 Å². The Hall–Kier alpha value is -2.11. The lowest BCUT2D eigenvalue weighted by molar-refractivity contribution is 0.608. The van der Waals surface area contributed by atoms with Crippen LogP contribution in [0.25, 0.3) is 11.5 Å². The fraction of sp³-hybridized carbons (Fsp3) is 0.111. The number of hydrogen-bond donors (Lipinski definition) is 1. The molecule has 0 aliphatic rings. The Morgan fingerprint density at radius 2 is 2.07 bits per heavy atom. The summed E-state index contributed by atoms with van der Waals surface area (Å²) in [5, 5.41) is 0. The summed E-state index contributed by atoms with van der Waals surface area (Å²) in [4.78, 5) is 15.6. The Kier molecular flexibility index (Phi) is 2.24. The third kappa shape index (κ3) is 1.74. The SMILES string of the molecule is Cc1nc(-c2cnccn2)nc(N)c1F. The number of nitrogens with two attached hydrogens (primary N) is 1. The molecule has 0 spiro atoms. The largest absolute Gasteiger partial charge is 0.381 e. The zero-order chi connectivity index (χ0) is 10.8. The average Bonchev–Trinajstić information content (AvgIpc) is 2.26. The number of nitrogens with zero attached hydrogens (tertiary/aromatic N) is 4. The molecule has 5 nitrogen and oxygen atoms in total. The van der Waals surface area contributed by atoms with Crippen LogP contribution in [0.1, 0.15) is 5.69 Å². The van der Waals surface area contributed by atoms with Crippen LogP contribution in [0.2, 0.25) is 0 Å². The molecule has 0 radical (unpaired) electrons. The van der Waals surface area contributed by atoms with Crippen LogP contribution in [-0.2, 0) is 0 Å². The molecule has 76 valence electrons. The predicted molar refractivity (Wildman–Crippen MR) is 52.2 cm³/mol. The highest BCUT2D eigenvalue weighted by molar-refractivity contribution is 5.50. The summed E-state index contributed by atoms with van der Waals surface area (Å²) in [6.07, 6.45) is 4.53. The van der Waals surface area contributed by atoms with Crippen molar-refractivity contribution >= 4 is 5.82 Å². The number of aromatic nitrogens is 4. The van der Waals surface area contributed by atoms with Gasteiger partial charge in [0.1, 0.15) is 5.69 Å². The minimum Gasteiger partial charge on any atom is -0.381 e. The summed E-state index contributed by atoms with van der Waals surface area (Å²) in [6.45, 7) is 1.52. The third-order valence-electron chi connectivity index (χ3n) is 1.83. The molecule has 2 aromatic heterocycles. The van der Waals surface area contributed by atoms with Crippen molar-refractivity contribution in [2.75, 3.05) is 5.73 Å². The van der Waals surface area contributed by atoms with Gasteiger partial charge in [0.05, 0.1) is 11.9 Å². The van der Waals surface area contributed by atoms with Crippen molar-refractivity contribution in [1.29, 1.82) is 0 Å². The zero-order valence-electron chi connectivity index (χ0n) is 7.98. The van der Waals surface area contributed by atoms with E-state index in [-0.39, 0.29) is 17.3 Å². The van der Waals surface area contributed by atoms with Gasteiger partial charge < -0.3 is 5.73 Å². The molecular formula is C9H8FN5. The maximum Gasteiger partial charge on any atom is 0.186 e. The van der Waals surface area contributed by atoms with Gasteiger partial charge in [-0.2, -0.15) is 0 Å². The second kappa shape index (κ2) is 3.56.